The molecule has 2 heteroatoms. The summed E-state index contributed by atoms with van der Waals surface area (Å²) in [6, 6.07) is 2.07. The topological polar surface area (TPSA) is 22.0 Å². The van der Waals surface area contributed by atoms with Crippen LogP contribution in [0.1, 0.15) is 55.4 Å². The van der Waals surface area contributed by atoms with Crippen molar-refractivity contribution in [3.05, 3.63) is 35.2 Å². The highest BCUT2D eigenvalue weighted by atomic mass is 16.1. The Balaban J connectivity index is 2.35. The van der Waals surface area contributed by atoms with Crippen LogP contribution in [0.2, 0.25) is 0 Å². The fraction of sp³-hybridized carbons (Fsp3) is 0.562. The summed E-state index contributed by atoms with van der Waals surface area (Å²) >= 11 is 0. The molecule has 0 amide bonds. The average Bonchev–Trinajstić information content (AvgIpc) is 2.56. The molecule has 0 aliphatic heterocycles. The highest BCUT2D eigenvalue weighted by Gasteiger charge is 2.33. The lowest BCUT2D eigenvalue weighted by Gasteiger charge is -2.29. The SMILES string of the molecule is C/C=C/CCn1c(C)cc2c1CC(C)(C)CC2=O. The highest BCUT2D eigenvalue weighted by Crippen LogP contribution is 2.36. The molecule has 1 aliphatic carbocycles. The quantitative estimate of drug-likeness (QED) is 0.740. The Labute approximate surface area is 110 Å². The van der Waals surface area contributed by atoms with Crippen molar-refractivity contribution in [3.8, 4) is 0 Å². The summed E-state index contributed by atoms with van der Waals surface area (Å²) in [6.45, 7) is 9.51. The van der Waals surface area contributed by atoms with E-state index in [0.717, 1.165) is 24.9 Å². The lowest BCUT2D eigenvalue weighted by Crippen LogP contribution is -2.28. The molecule has 0 spiro atoms. The zero-order chi connectivity index (χ0) is 13.3. The average molecular weight is 245 g/mol. The van der Waals surface area contributed by atoms with E-state index in [-0.39, 0.29) is 5.41 Å². The van der Waals surface area contributed by atoms with E-state index in [1.54, 1.807) is 0 Å². The highest BCUT2D eigenvalue weighted by molar-refractivity contribution is 5.99. The van der Waals surface area contributed by atoms with Gasteiger partial charge in [0.1, 0.15) is 0 Å². The second-order valence-electron chi connectivity index (χ2n) is 6.10. The lowest BCUT2D eigenvalue weighted by molar-refractivity contribution is 0.0910. The van der Waals surface area contributed by atoms with Crippen molar-refractivity contribution in [2.45, 2.75) is 53.5 Å². The second-order valence-corrected chi connectivity index (χ2v) is 6.10. The van der Waals surface area contributed by atoms with E-state index in [9.17, 15) is 4.79 Å². The number of allylic oxidation sites excluding steroid dienone is 2. The Morgan fingerprint density at radius 2 is 2.11 bits per heavy atom. The van der Waals surface area contributed by atoms with Crippen LogP contribution in [0.3, 0.4) is 0 Å². The molecule has 0 bridgehead atoms. The maximum Gasteiger partial charge on any atom is 0.165 e. The summed E-state index contributed by atoms with van der Waals surface area (Å²) < 4.78 is 2.33. The Kier molecular flexibility index (Phi) is 3.47. The molecule has 0 radical (unpaired) electrons. The molecule has 1 aromatic rings. The number of hydrogen-bond donors (Lipinski definition) is 0. The Bertz CT molecular complexity index is 491. The standard InChI is InChI=1S/C16H23NO/c1-5-6-7-8-17-12(2)9-13-14(17)10-16(3,4)11-15(13)18/h5-6,9H,7-8,10-11H2,1-4H3/b6-5+. The van der Waals surface area contributed by atoms with Crippen LogP contribution >= 0.6 is 0 Å². The molecule has 98 valence electrons. The number of hydrogen-bond acceptors (Lipinski definition) is 1. The monoisotopic (exact) mass is 245 g/mol. The minimum Gasteiger partial charge on any atom is -0.348 e. The van der Waals surface area contributed by atoms with Crippen molar-refractivity contribution in [1.29, 1.82) is 0 Å². The summed E-state index contributed by atoms with van der Waals surface area (Å²) in [5, 5.41) is 0. The van der Waals surface area contributed by atoms with Crippen molar-refractivity contribution in [3.63, 3.8) is 0 Å². The van der Waals surface area contributed by atoms with Crippen molar-refractivity contribution in [2.75, 3.05) is 0 Å². The van der Waals surface area contributed by atoms with E-state index in [1.807, 2.05) is 6.92 Å². The van der Waals surface area contributed by atoms with Crippen LogP contribution in [0.5, 0.6) is 0 Å². The van der Waals surface area contributed by atoms with Crippen LogP contribution in [0.4, 0.5) is 0 Å². The maximum absolute atomic E-state index is 12.2. The Morgan fingerprint density at radius 1 is 1.39 bits per heavy atom. The van der Waals surface area contributed by atoms with Gasteiger partial charge in [0.2, 0.25) is 0 Å². The third-order valence-corrected chi connectivity index (χ3v) is 3.76. The Morgan fingerprint density at radius 3 is 2.78 bits per heavy atom. The predicted molar refractivity (Wildman–Crippen MR) is 75.0 cm³/mol. The zero-order valence-electron chi connectivity index (χ0n) is 11.9. The van der Waals surface area contributed by atoms with Crippen LogP contribution in [-0.2, 0) is 13.0 Å². The number of rotatable bonds is 3. The lowest BCUT2D eigenvalue weighted by atomic mass is 9.76. The first-order chi connectivity index (χ1) is 8.44. The molecular weight excluding hydrogens is 222 g/mol. The number of Topliss-reactive ketones (excluding diaryl/α,β-unsaturated/α-hetero) is 1. The minimum atomic E-state index is 0.104. The molecule has 18 heavy (non-hydrogen) atoms. The van der Waals surface area contributed by atoms with E-state index >= 15 is 0 Å². The van der Waals surface area contributed by atoms with Gasteiger partial charge in [-0.25, -0.2) is 0 Å². The molecule has 0 unspecified atom stereocenters. The van der Waals surface area contributed by atoms with Gasteiger partial charge in [-0.3, -0.25) is 4.79 Å². The van der Waals surface area contributed by atoms with Gasteiger partial charge in [-0.1, -0.05) is 26.0 Å². The largest absolute Gasteiger partial charge is 0.348 e. The van der Waals surface area contributed by atoms with E-state index in [2.05, 4.69) is 43.6 Å². The van der Waals surface area contributed by atoms with Gasteiger partial charge < -0.3 is 4.57 Å². The molecular formula is C16H23NO. The van der Waals surface area contributed by atoms with Crippen LogP contribution in [0.15, 0.2) is 18.2 Å². The number of fused-ring (bicyclic) bond motifs is 1. The fourth-order valence-electron chi connectivity index (χ4n) is 2.89. The number of carbonyl (C=O) groups excluding carboxylic acids is 1. The number of aromatic nitrogens is 1. The molecule has 0 saturated heterocycles. The van der Waals surface area contributed by atoms with Gasteiger partial charge in [-0.05, 0) is 38.2 Å². The maximum atomic E-state index is 12.2. The predicted octanol–water partition coefficient (Wildman–Crippen LogP) is 3.92. The van der Waals surface area contributed by atoms with Crippen LogP contribution < -0.4 is 0 Å². The third-order valence-electron chi connectivity index (χ3n) is 3.76. The molecule has 0 saturated carbocycles. The molecule has 0 atom stereocenters. The Hall–Kier alpha value is -1.31. The van der Waals surface area contributed by atoms with Gasteiger partial charge in [0.15, 0.2) is 5.78 Å². The molecule has 1 heterocycles. The number of aryl methyl sites for hydroxylation is 1. The van der Waals surface area contributed by atoms with Crippen molar-refractivity contribution in [1.82, 2.24) is 4.57 Å². The molecule has 0 N–H and O–H groups in total. The number of ketones is 1. The van der Waals surface area contributed by atoms with Gasteiger partial charge in [0.25, 0.3) is 0 Å². The van der Waals surface area contributed by atoms with Crippen molar-refractivity contribution >= 4 is 5.78 Å². The van der Waals surface area contributed by atoms with E-state index in [4.69, 9.17) is 0 Å². The molecule has 0 aromatic carbocycles. The molecule has 1 aromatic heterocycles. The first-order valence-electron chi connectivity index (χ1n) is 6.78. The van der Waals surface area contributed by atoms with Crippen LogP contribution in [0.25, 0.3) is 0 Å². The summed E-state index contributed by atoms with van der Waals surface area (Å²) in [5.74, 6) is 0.314. The molecule has 0 fully saturated rings. The zero-order valence-corrected chi connectivity index (χ0v) is 11.9. The summed E-state index contributed by atoms with van der Waals surface area (Å²) in [6.07, 6.45) is 6.99. The summed E-state index contributed by atoms with van der Waals surface area (Å²) in [4.78, 5) is 12.2. The smallest absolute Gasteiger partial charge is 0.165 e. The third kappa shape index (κ3) is 2.43. The molecule has 2 rings (SSSR count). The van der Waals surface area contributed by atoms with Crippen LogP contribution in [-0.4, -0.2) is 10.4 Å². The van der Waals surface area contributed by atoms with E-state index in [0.29, 0.717) is 12.2 Å². The van der Waals surface area contributed by atoms with E-state index < -0.39 is 0 Å². The van der Waals surface area contributed by atoms with Gasteiger partial charge in [0, 0.05) is 29.9 Å². The van der Waals surface area contributed by atoms with Gasteiger partial charge in [-0.15, -0.1) is 0 Å². The molecule has 1 aliphatic rings. The first-order valence-corrected chi connectivity index (χ1v) is 6.78. The normalized spacial score (nSPS) is 18.3. The number of nitrogens with zero attached hydrogens (tertiary/aromatic N) is 1. The van der Waals surface area contributed by atoms with Gasteiger partial charge in [0.05, 0.1) is 0 Å². The van der Waals surface area contributed by atoms with Gasteiger partial charge in [-0.2, -0.15) is 0 Å². The van der Waals surface area contributed by atoms with E-state index in [1.165, 1.54) is 11.4 Å². The second kappa shape index (κ2) is 4.75. The summed E-state index contributed by atoms with van der Waals surface area (Å²) in [5.41, 5.74) is 3.54. The van der Waals surface area contributed by atoms with Gasteiger partial charge >= 0.3 is 0 Å². The molecule has 2 nitrogen and oxygen atoms in total. The minimum absolute atomic E-state index is 0.104. The fourth-order valence-corrected chi connectivity index (χ4v) is 2.89. The summed E-state index contributed by atoms with van der Waals surface area (Å²) in [7, 11) is 0. The van der Waals surface area contributed by atoms with Crippen LogP contribution in [0, 0.1) is 12.3 Å². The first kappa shape index (κ1) is 13.1. The van der Waals surface area contributed by atoms with Crippen molar-refractivity contribution in [2.24, 2.45) is 5.41 Å². The van der Waals surface area contributed by atoms with Crippen molar-refractivity contribution < 1.29 is 4.79 Å². The number of carbonyl (C=O) groups is 1.